The van der Waals surface area contributed by atoms with Crippen LogP contribution in [0.5, 0.6) is 0 Å². The first-order valence-electron chi connectivity index (χ1n) is 4.71. The van der Waals surface area contributed by atoms with Crippen molar-refractivity contribution in [1.82, 2.24) is 4.90 Å². The van der Waals surface area contributed by atoms with E-state index in [2.05, 4.69) is 11.8 Å². The third kappa shape index (κ3) is 1.57. The minimum absolute atomic E-state index is 0.327. The lowest BCUT2D eigenvalue weighted by Crippen LogP contribution is -2.44. The number of ether oxygens (including phenoxy) is 1. The van der Waals surface area contributed by atoms with Gasteiger partial charge in [-0.15, -0.1) is 0 Å². The first kappa shape index (κ1) is 7.56. The molecule has 11 heavy (non-hydrogen) atoms. The van der Waals surface area contributed by atoms with Crippen molar-refractivity contribution in [3.8, 4) is 0 Å². The highest BCUT2D eigenvalue weighted by atomic mass is 16.5. The number of nitrogens with zero attached hydrogens (tertiary/aromatic N) is 1. The predicted molar refractivity (Wildman–Crippen MR) is 44.6 cm³/mol. The molecule has 64 valence electrons. The Morgan fingerprint density at radius 3 is 2.91 bits per heavy atom. The van der Waals surface area contributed by atoms with Crippen molar-refractivity contribution in [3.63, 3.8) is 0 Å². The molecule has 0 aromatic carbocycles. The van der Waals surface area contributed by atoms with Gasteiger partial charge in [-0.3, -0.25) is 4.90 Å². The molecule has 2 fully saturated rings. The van der Waals surface area contributed by atoms with Crippen LogP contribution in [0.25, 0.3) is 0 Å². The number of rotatable bonds is 2. The summed E-state index contributed by atoms with van der Waals surface area (Å²) in [5.74, 6) is 0. The molecule has 0 aromatic rings. The highest BCUT2D eigenvalue weighted by Crippen LogP contribution is 2.41. The molecule has 2 heteroatoms. The first-order chi connectivity index (χ1) is 5.35. The van der Waals surface area contributed by atoms with Gasteiger partial charge in [0.2, 0.25) is 0 Å². The van der Waals surface area contributed by atoms with Crippen molar-refractivity contribution in [3.05, 3.63) is 0 Å². The number of hydrogen-bond donors (Lipinski definition) is 0. The van der Waals surface area contributed by atoms with Crippen LogP contribution in [0.1, 0.15) is 26.2 Å². The summed E-state index contributed by atoms with van der Waals surface area (Å²) in [4.78, 5) is 2.54. The Morgan fingerprint density at radius 2 is 2.27 bits per heavy atom. The SMILES string of the molecule is CCCN1CCOC2(CC2)C1. The highest BCUT2D eigenvalue weighted by molar-refractivity contribution is 5.00. The maximum Gasteiger partial charge on any atom is 0.0811 e. The van der Waals surface area contributed by atoms with E-state index >= 15 is 0 Å². The molecule has 0 bridgehead atoms. The van der Waals surface area contributed by atoms with Crippen molar-refractivity contribution in [1.29, 1.82) is 0 Å². The molecule has 0 atom stereocenters. The fraction of sp³-hybridized carbons (Fsp3) is 1.00. The average Bonchev–Trinajstić information content (AvgIpc) is 2.70. The van der Waals surface area contributed by atoms with Gasteiger partial charge >= 0.3 is 0 Å². The molecule has 2 rings (SSSR count). The Labute approximate surface area is 68.5 Å². The second kappa shape index (κ2) is 2.76. The standard InChI is InChI=1S/C9H17NO/c1-2-5-10-6-7-11-9(8-10)3-4-9/h2-8H2,1H3. The molecular formula is C9H17NO. The Bertz CT molecular complexity index is 140. The zero-order chi connectivity index (χ0) is 7.73. The van der Waals surface area contributed by atoms with Crippen molar-refractivity contribution in [2.24, 2.45) is 0 Å². The van der Waals surface area contributed by atoms with Gasteiger partial charge in [0.15, 0.2) is 0 Å². The molecule has 0 aromatic heterocycles. The lowest BCUT2D eigenvalue weighted by molar-refractivity contribution is -0.0457. The molecule has 0 radical (unpaired) electrons. The van der Waals surface area contributed by atoms with Crippen LogP contribution in [0.3, 0.4) is 0 Å². The van der Waals surface area contributed by atoms with E-state index in [0.29, 0.717) is 5.60 Å². The van der Waals surface area contributed by atoms with E-state index in [0.717, 1.165) is 13.2 Å². The highest BCUT2D eigenvalue weighted by Gasteiger charge is 2.46. The second-order valence-electron chi connectivity index (χ2n) is 3.81. The van der Waals surface area contributed by atoms with Crippen LogP contribution in [0.15, 0.2) is 0 Å². The van der Waals surface area contributed by atoms with E-state index in [-0.39, 0.29) is 0 Å². The summed E-state index contributed by atoms with van der Waals surface area (Å²) >= 11 is 0. The van der Waals surface area contributed by atoms with E-state index in [1.807, 2.05) is 0 Å². The van der Waals surface area contributed by atoms with Crippen LogP contribution < -0.4 is 0 Å². The van der Waals surface area contributed by atoms with E-state index in [1.165, 1.54) is 32.4 Å². The molecule has 0 amide bonds. The van der Waals surface area contributed by atoms with Crippen molar-refractivity contribution >= 4 is 0 Å². The fourth-order valence-corrected chi connectivity index (χ4v) is 1.87. The summed E-state index contributed by atoms with van der Waals surface area (Å²) in [5, 5.41) is 0. The summed E-state index contributed by atoms with van der Waals surface area (Å²) in [6.07, 6.45) is 3.87. The van der Waals surface area contributed by atoms with Crippen LogP contribution in [-0.4, -0.2) is 36.7 Å². The Balaban J connectivity index is 1.83. The summed E-state index contributed by atoms with van der Waals surface area (Å²) in [6.45, 7) is 6.80. The lowest BCUT2D eigenvalue weighted by Gasteiger charge is -2.32. The van der Waals surface area contributed by atoms with E-state index < -0.39 is 0 Å². The molecule has 0 N–H and O–H groups in total. The van der Waals surface area contributed by atoms with Gasteiger partial charge in [-0.1, -0.05) is 6.92 Å². The Kier molecular flexibility index (Phi) is 1.90. The zero-order valence-corrected chi connectivity index (χ0v) is 7.31. The molecule has 1 heterocycles. The minimum atomic E-state index is 0.327. The van der Waals surface area contributed by atoms with Gasteiger partial charge in [-0.25, -0.2) is 0 Å². The Morgan fingerprint density at radius 1 is 1.45 bits per heavy atom. The van der Waals surface area contributed by atoms with Gasteiger partial charge in [0, 0.05) is 13.1 Å². The third-order valence-electron chi connectivity index (χ3n) is 2.68. The topological polar surface area (TPSA) is 12.5 Å². The van der Waals surface area contributed by atoms with Crippen molar-refractivity contribution in [2.45, 2.75) is 31.8 Å². The van der Waals surface area contributed by atoms with E-state index in [1.54, 1.807) is 0 Å². The monoisotopic (exact) mass is 155 g/mol. The molecule has 2 aliphatic rings. The molecule has 1 saturated heterocycles. The number of hydrogen-bond acceptors (Lipinski definition) is 2. The van der Waals surface area contributed by atoms with Crippen molar-refractivity contribution in [2.75, 3.05) is 26.2 Å². The van der Waals surface area contributed by atoms with E-state index in [9.17, 15) is 0 Å². The van der Waals surface area contributed by atoms with Crippen molar-refractivity contribution < 1.29 is 4.74 Å². The Hall–Kier alpha value is -0.0800. The maximum atomic E-state index is 5.71. The second-order valence-corrected chi connectivity index (χ2v) is 3.81. The summed E-state index contributed by atoms with van der Waals surface area (Å²) in [6, 6.07) is 0. The van der Waals surface area contributed by atoms with Gasteiger partial charge in [-0.05, 0) is 25.8 Å². The van der Waals surface area contributed by atoms with E-state index in [4.69, 9.17) is 4.74 Å². The van der Waals surface area contributed by atoms with Gasteiger partial charge in [0.25, 0.3) is 0 Å². The molecule has 1 spiro atoms. The smallest absolute Gasteiger partial charge is 0.0811 e. The molecular weight excluding hydrogens is 138 g/mol. The predicted octanol–water partition coefficient (Wildman–Crippen LogP) is 1.26. The number of morpholine rings is 1. The molecule has 1 aliphatic carbocycles. The first-order valence-corrected chi connectivity index (χ1v) is 4.71. The summed E-state index contributed by atoms with van der Waals surface area (Å²) in [7, 11) is 0. The summed E-state index contributed by atoms with van der Waals surface area (Å²) in [5.41, 5.74) is 0.327. The van der Waals surface area contributed by atoms with Crippen LogP contribution in [-0.2, 0) is 4.74 Å². The zero-order valence-electron chi connectivity index (χ0n) is 7.31. The van der Waals surface area contributed by atoms with Crippen LogP contribution in [0.4, 0.5) is 0 Å². The molecule has 2 nitrogen and oxygen atoms in total. The maximum absolute atomic E-state index is 5.71. The largest absolute Gasteiger partial charge is 0.372 e. The lowest BCUT2D eigenvalue weighted by atomic mass is 10.2. The van der Waals surface area contributed by atoms with Gasteiger partial charge in [0.05, 0.1) is 12.2 Å². The van der Waals surface area contributed by atoms with Crippen LogP contribution in [0, 0.1) is 0 Å². The third-order valence-corrected chi connectivity index (χ3v) is 2.68. The van der Waals surface area contributed by atoms with Gasteiger partial charge < -0.3 is 4.74 Å². The average molecular weight is 155 g/mol. The van der Waals surface area contributed by atoms with Gasteiger partial charge in [0.1, 0.15) is 0 Å². The normalized spacial score (nSPS) is 29.2. The van der Waals surface area contributed by atoms with Gasteiger partial charge in [-0.2, -0.15) is 0 Å². The molecule has 1 saturated carbocycles. The summed E-state index contributed by atoms with van der Waals surface area (Å²) < 4.78 is 5.71. The minimum Gasteiger partial charge on any atom is -0.372 e. The van der Waals surface area contributed by atoms with Crippen LogP contribution in [0.2, 0.25) is 0 Å². The molecule has 0 unspecified atom stereocenters. The van der Waals surface area contributed by atoms with Crippen LogP contribution >= 0.6 is 0 Å². The fourth-order valence-electron chi connectivity index (χ4n) is 1.87. The molecule has 1 aliphatic heterocycles. The quantitative estimate of drug-likeness (QED) is 0.595.